The van der Waals surface area contributed by atoms with Gasteiger partial charge in [0.25, 0.3) is 0 Å². The predicted molar refractivity (Wildman–Crippen MR) is 101 cm³/mol. The molecule has 1 aromatic heterocycles. The molecule has 132 valence electrons. The Morgan fingerprint density at radius 2 is 1.69 bits per heavy atom. The number of Topliss-reactive ketones (excluding diaryl/α,β-unsaturated/α-hetero) is 1. The van der Waals surface area contributed by atoms with Gasteiger partial charge in [-0.2, -0.15) is 0 Å². The van der Waals surface area contributed by atoms with E-state index in [9.17, 15) is 9.59 Å². The number of benzene rings is 1. The molecule has 0 radical (unpaired) electrons. The van der Waals surface area contributed by atoms with E-state index in [-0.39, 0.29) is 17.6 Å². The molecule has 26 heavy (non-hydrogen) atoms. The molecule has 2 heterocycles. The molecule has 0 spiro atoms. The van der Waals surface area contributed by atoms with Gasteiger partial charge in [0, 0.05) is 48.1 Å². The Kier molecular flexibility index (Phi) is 4.19. The van der Waals surface area contributed by atoms with Gasteiger partial charge in [0.1, 0.15) is 0 Å². The average molecular weight is 346 g/mol. The fourth-order valence-electron chi connectivity index (χ4n) is 4.25. The molecule has 1 aliphatic heterocycles. The molecule has 4 nitrogen and oxygen atoms in total. The number of pyridine rings is 1. The first kappa shape index (κ1) is 16.7. The van der Waals surface area contributed by atoms with E-state index in [1.165, 1.54) is 0 Å². The minimum absolute atomic E-state index is 0.0604. The van der Waals surface area contributed by atoms with E-state index in [4.69, 9.17) is 0 Å². The smallest absolute Gasteiger partial charge is 0.232 e. The Labute approximate surface area is 153 Å². The standard InChI is InChI=1S/C22H22N2O2/c1-14-10-15(2)12-17(11-14)24-19-4-3-5-20(25)22(19)18(13-21(24)26)16-6-8-23-9-7-16/h6-12,18H,3-5,13H2,1-2H3. The summed E-state index contributed by atoms with van der Waals surface area (Å²) < 4.78 is 0. The van der Waals surface area contributed by atoms with E-state index in [0.717, 1.165) is 46.5 Å². The highest BCUT2D eigenvalue weighted by molar-refractivity contribution is 6.07. The molecular formula is C22H22N2O2. The molecule has 0 N–H and O–H groups in total. The summed E-state index contributed by atoms with van der Waals surface area (Å²) in [5.41, 5.74) is 5.83. The second-order valence-corrected chi connectivity index (χ2v) is 7.25. The van der Waals surface area contributed by atoms with Gasteiger partial charge in [0.15, 0.2) is 5.78 Å². The number of carbonyl (C=O) groups is 2. The van der Waals surface area contributed by atoms with Crippen LogP contribution in [0, 0.1) is 13.8 Å². The van der Waals surface area contributed by atoms with Crippen molar-refractivity contribution in [1.29, 1.82) is 0 Å². The van der Waals surface area contributed by atoms with E-state index < -0.39 is 0 Å². The summed E-state index contributed by atoms with van der Waals surface area (Å²) in [5.74, 6) is 0.0793. The first-order valence-corrected chi connectivity index (χ1v) is 9.12. The summed E-state index contributed by atoms with van der Waals surface area (Å²) in [7, 11) is 0. The van der Waals surface area contributed by atoms with Gasteiger partial charge in [0.05, 0.1) is 0 Å². The van der Waals surface area contributed by atoms with Crippen LogP contribution in [0.5, 0.6) is 0 Å². The van der Waals surface area contributed by atoms with Crippen molar-refractivity contribution < 1.29 is 9.59 Å². The number of anilines is 1. The molecule has 1 atom stereocenters. The first-order chi connectivity index (χ1) is 12.5. The van der Waals surface area contributed by atoms with Gasteiger partial charge in [-0.1, -0.05) is 6.07 Å². The van der Waals surface area contributed by atoms with E-state index >= 15 is 0 Å². The second-order valence-electron chi connectivity index (χ2n) is 7.25. The lowest BCUT2D eigenvalue weighted by Crippen LogP contribution is -2.40. The van der Waals surface area contributed by atoms with Crippen molar-refractivity contribution in [1.82, 2.24) is 4.98 Å². The maximum atomic E-state index is 13.1. The number of ketones is 1. The molecule has 1 amide bonds. The minimum Gasteiger partial charge on any atom is -0.294 e. The van der Waals surface area contributed by atoms with Crippen molar-refractivity contribution in [2.24, 2.45) is 0 Å². The lowest BCUT2D eigenvalue weighted by molar-refractivity contribution is -0.119. The Balaban J connectivity index is 1.88. The Hall–Kier alpha value is -2.75. The van der Waals surface area contributed by atoms with Crippen molar-refractivity contribution in [3.8, 4) is 0 Å². The SMILES string of the molecule is Cc1cc(C)cc(N2C(=O)CC(c3ccncc3)C3=C2CCCC3=O)c1. The Bertz CT molecular complexity index is 895. The fourth-order valence-corrected chi connectivity index (χ4v) is 4.25. The molecule has 0 saturated carbocycles. The van der Waals surface area contributed by atoms with Crippen LogP contribution in [0.15, 0.2) is 54.0 Å². The highest BCUT2D eigenvalue weighted by Gasteiger charge is 2.39. The van der Waals surface area contributed by atoms with Gasteiger partial charge in [-0.3, -0.25) is 19.5 Å². The zero-order chi connectivity index (χ0) is 18.3. The number of amides is 1. The van der Waals surface area contributed by atoms with E-state index in [2.05, 4.69) is 11.1 Å². The number of aryl methyl sites for hydroxylation is 2. The van der Waals surface area contributed by atoms with Gasteiger partial charge >= 0.3 is 0 Å². The van der Waals surface area contributed by atoms with Crippen LogP contribution in [0.1, 0.15) is 48.3 Å². The summed E-state index contributed by atoms with van der Waals surface area (Å²) in [6, 6.07) is 9.98. The van der Waals surface area contributed by atoms with Crippen molar-refractivity contribution >= 4 is 17.4 Å². The molecule has 0 saturated heterocycles. The molecule has 2 aromatic rings. The van der Waals surface area contributed by atoms with Crippen molar-refractivity contribution in [2.45, 2.75) is 45.4 Å². The summed E-state index contributed by atoms with van der Waals surface area (Å²) in [6.07, 6.45) is 5.90. The monoisotopic (exact) mass is 346 g/mol. The molecular weight excluding hydrogens is 324 g/mol. The van der Waals surface area contributed by atoms with Crippen LogP contribution < -0.4 is 4.90 Å². The largest absolute Gasteiger partial charge is 0.294 e. The number of rotatable bonds is 2. The van der Waals surface area contributed by atoms with Crippen LogP contribution in [0.25, 0.3) is 0 Å². The minimum atomic E-state index is -0.157. The predicted octanol–water partition coefficient (Wildman–Crippen LogP) is 4.23. The molecule has 1 aromatic carbocycles. The van der Waals surface area contributed by atoms with Crippen LogP contribution in [0.4, 0.5) is 5.69 Å². The summed E-state index contributed by atoms with van der Waals surface area (Å²) in [5, 5.41) is 0. The normalized spacial score (nSPS) is 20.4. The number of hydrogen-bond acceptors (Lipinski definition) is 3. The van der Waals surface area contributed by atoms with Gasteiger partial charge in [0.2, 0.25) is 5.91 Å². The maximum Gasteiger partial charge on any atom is 0.232 e. The van der Waals surface area contributed by atoms with Crippen LogP contribution in [0.2, 0.25) is 0 Å². The Morgan fingerprint density at radius 3 is 2.38 bits per heavy atom. The van der Waals surface area contributed by atoms with Gasteiger partial charge in [-0.25, -0.2) is 0 Å². The van der Waals surface area contributed by atoms with Crippen LogP contribution in [-0.4, -0.2) is 16.7 Å². The number of allylic oxidation sites excluding steroid dienone is 2. The van der Waals surface area contributed by atoms with Gasteiger partial charge in [-0.05, 0) is 67.6 Å². The van der Waals surface area contributed by atoms with Crippen molar-refractivity contribution in [3.63, 3.8) is 0 Å². The molecule has 4 rings (SSSR count). The van der Waals surface area contributed by atoms with Crippen molar-refractivity contribution in [3.05, 3.63) is 70.7 Å². The fraction of sp³-hybridized carbons (Fsp3) is 0.318. The third kappa shape index (κ3) is 2.85. The highest BCUT2D eigenvalue weighted by atomic mass is 16.2. The second kappa shape index (κ2) is 6.52. The molecule has 4 heteroatoms. The Morgan fingerprint density at radius 1 is 1.00 bits per heavy atom. The van der Waals surface area contributed by atoms with Crippen LogP contribution >= 0.6 is 0 Å². The molecule has 1 unspecified atom stereocenters. The van der Waals surface area contributed by atoms with Crippen LogP contribution in [-0.2, 0) is 9.59 Å². The zero-order valence-corrected chi connectivity index (χ0v) is 15.2. The van der Waals surface area contributed by atoms with Gasteiger partial charge in [-0.15, -0.1) is 0 Å². The molecule has 2 aliphatic rings. The average Bonchev–Trinajstić information content (AvgIpc) is 2.61. The summed E-state index contributed by atoms with van der Waals surface area (Å²) >= 11 is 0. The maximum absolute atomic E-state index is 13.1. The van der Waals surface area contributed by atoms with E-state index in [1.807, 2.05) is 38.1 Å². The van der Waals surface area contributed by atoms with E-state index in [0.29, 0.717) is 12.8 Å². The lowest BCUT2D eigenvalue weighted by atomic mass is 9.77. The quantitative estimate of drug-likeness (QED) is 0.818. The highest BCUT2D eigenvalue weighted by Crippen LogP contribution is 2.43. The van der Waals surface area contributed by atoms with Gasteiger partial charge < -0.3 is 0 Å². The molecule has 0 bridgehead atoms. The lowest BCUT2D eigenvalue weighted by Gasteiger charge is -2.38. The zero-order valence-electron chi connectivity index (χ0n) is 15.2. The number of carbonyl (C=O) groups excluding carboxylic acids is 2. The number of hydrogen-bond donors (Lipinski definition) is 0. The third-order valence-electron chi connectivity index (χ3n) is 5.25. The molecule has 0 fully saturated rings. The number of aromatic nitrogens is 1. The summed E-state index contributed by atoms with van der Waals surface area (Å²) in [6.45, 7) is 4.07. The third-order valence-corrected chi connectivity index (χ3v) is 5.25. The van der Waals surface area contributed by atoms with Crippen molar-refractivity contribution in [2.75, 3.05) is 4.90 Å². The first-order valence-electron chi connectivity index (χ1n) is 9.12. The summed E-state index contributed by atoms with van der Waals surface area (Å²) in [4.78, 5) is 31.8. The van der Waals surface area contributed by atoms with Crippen LogP contribution in [0.3, 0.4) is 0 Å². The number of nitrogens with zero attached hydrogens (tertiary/aromatic N) is 2. The molecule has 1 aliphatic carbocycles. The van der Waals surface area contributed by atoms with E-state index in [1.54, 1.807) is 17.3 Å². The topological polar surface area (TPSA) is 50.3 Å².